The summed E-state index contributed by atoms with van der Waals surface area (Å²) in [4.78, 5) is 22.8. The highest BCUT2D eigenvalue weighted by Crippen LogP contribution is 2.36. The molecule has 1 rings (SSSR count). The van der Waals surface area contributed by atoms with Gasteiger partial charge in [-0.2, -0.15) is 0 Å². The highest BCUT2D eigenvalue weighted by molar-refractivity contribution is 14.1. The van der Waals surface area contributed by atoms with E-state index in [2.05, 4.69) is 0 Å². The minimum absolute atomic E-state index is 0.0912. The molecule has 4 nitrogen and oxygen atoms in total. The zero-order valence-electron chi connectivity index (χ0n) is 11.6. The van der Waals surface area contributed by atoms with Crippen molar-refractivity contribution in [3.63, 3.8) is 0 Å². The lowest BCUT2D eigenvalue weighted by Gasteiger charge is -2.27. The number of carbonyl (C=O) groups is 2. The van der Waals surface area contributed by atoms with Gasteiger partial charge in [-0.05, 0) is 58.5 Å². The van der Waals surface area contributed by atoms with Gasteiger partial charge in [0.1, 0.15) is 0 Å². The fraction of sp³-hybridized carbons (Fsp3) is 0.429. The van der Waals surface area contributed by atoms with Crippen molar-refractivity contribution in [2.75, 3.05) is 0 Å². The Labute approximate surface area is 126 Å². The largest absolute Gasteiger partial charge is 0.478 e. The smallest absolute Gasteiger partial charge is 0.337 e. The first-order valence-electron chi connectivity index (χ1n) is 5.79. The quantitative estimate of drug-likeness (QED) is 0.774. The molecule has 0 fully saturated rings. The Hall–Kier alpha value is -1.11. The van der Waals surface area contributed by atoms with Crippen molar-refractivity contribution in [2.45, 2.75) is 40.0 Å². The molecule has 0 amide bonds. The average molecular weight is 376 g/mol. The Morgan fingerprint density at radius 1 is 0.947 bits per heavy atom. The fourth-order valence-electron chi connectivity index (χ4n) is 2.62. The Kier molecular flexibility index (Phi) is 4.29. The van der Waals surface area contributed by atoms with E-state index in [1.165, 1.54) is 0 Å². The summed E-state index contributed by atoms with van der Waals surface area (Å²) in [6.07, 6.45) is 0. The molecule has 0 radical (unpaired) electrons. The summed E-state index contributed by atoms with van der Waals surface area (Å²) in [5, 5.41) is 18.7. The molecule has 0 unspecified atom stereocenters. The van der Waals surface area contributed by atoms with Crippen molar-refractivity contribution < 1.29 is 19.8 Å². The zero-order valence-corrected chi connectivity index (χ0v) is 13.7. The molecule has 2 N–H and O–H groups in total. The van der Waals surface area contributed by atoms with Crippen LogP contribution in [-0.4, -0.2) is 22.2 Å². The molecule has 0 heterocycles. The van der Waals surface area contributed by atoms with Crippen LogP contribution in [0.15, 0.2) is 0 Å². The molecule has 0 saturated heterocycles. The molecule has 0 aromatic heterocycles. The van der Waals surface area contributed by atoms with Crippen molar-refractivity contribution in [1.29, 1.82) is 0 Å². The second-order valence-corrected chi connectivity index (χ2v) is 6.63. The summed E-state index contributed by atoms with van der Waals surface area (Å²) in [5.74, 6) is -2.18. The summed E-state index contributed by atoms with van der Waals surface area (Å²) in [7, 11) is 0. The molecule has 104 valence electrons. The summed E-state index contributed by atoms with van der Waals surface area (Å²) in [5.41, 5.74) is 1.95. The van der Waals surface area contributed by atoms with Gasteiger partial charge in [-0.3, -0.25) is 0 Å². The van der Waals surface area contributed by atoms with Gasteiger partial charge in [0.2, 0.25) is 0 Å². The number of carboxylic acid groups (broad SMARTS) is 2. The Balaban J connectivity index is 3.97. The third kappa shape index (κ3) is 2.75. The van der Waals surface area contributed by atoms with Gasteiger partial charge >= 0.3 is 11.9 Å². The van der Waals surface area contributed by atoms with E-state index in [9.17, 15) is 19.8 Å². The van der Waals surface area contributed by atoms with Gasteiger partial charge in [0, 0.05) is 3.57 Å². The molecule has 0 aliphatic heterocycles. The van der Waals surface area contributed by atoms with E-state index < -0.39 is 11.9 Å². The first kappa shape index (κ1) is 15.9. The van der Waals surface area contributed by atoms with Gasteiger partial charge in [0.25, 0.3) is 0 Å². The molecule has 5 heteroatoms. The highest BCUT2D eigenvalue weighted by atomic mass is 127. The third-order valence-electron chi connectivity index (χ3n) is 3.12. The van der Waals surface area contributed by atoms with Gasteiger partial charge in [-0.1, -0.05) is 20.8 Å². The van der Waals surface area contributed by atoms with Crippen LogP contribution in [0, 0.1) is 17.4 Å². The Morgan fingerprint density at radius 3 is 1.47 bits per heavy atom. The van der Waals surface area contributed by atoms with Crippen LogP contribution in [0.4, 0.5) is 0 Å². The summed E-state index contributed by atoms with van der Waals surface area (Å²) < 4.78 is 0.292. The second kappa shape index (κ2) is 5.11. The maximum Gasteiger partial charge on any atom is 0.337 e. The third-order valence-corrected chi connectivity index (χ3v) is 4.20. The molecule has 0 atom stereocenters. The predicted octanol–water partition coefficient (Wildman–Crippen LogP) is 3.60. The molecule has 19 heavy (non-hydrogen) atoms. The number of carboxylic acids is 2. The van der Waals surface area contributed by atoms with Crippen molar-refractivity contribution in [1.82, 2.24) is 0 Å². The summed E-state index contributed by atoms with van der Waals surface area (Å²) >= 11 is 1.81. The monoisotopic (exact) mass is 376 g/mol. The van der Waals surface area contributed by atoms with Crippen LogP contribution in [0.25, 0.3) is 0 Å². The van der Waals surface area contributed by atoms with Crippen molar-refractivity contribution in [2.24, 2.45) is 0 Å². The lowest BCUT2D eigenvalue weighted by atomic mass is 9.78. The number of rotatable bonds is 2. The molecule has 0 aliphatic rings. The van der Waals surface area contributed by atoms with Crippen LogP contribution in [0.3, 0.4) is 0 Å². The van der Waals surface area contributed by atoms with E-state index in [-0.39, 0.29) is 16.5 Å². The van der Waals surface area contributed by atoms with E-state index in [0.29, 0.717) is 14.7 Å². The second-order valence-electron chi connectivity index (χ2n) is 5.55. The number of halogens is 1. The maximum absolute atomic E-state index is 11.4. The SMILES string of the molecule is Cc1c(C(=O)O)c(I)c(C(=O)O)c(C)c1C(C)(C)C. The lowest BCUT2D eigenvalue weighted by Crippen LogP contribution is -2.22. The van der Waals surface area contributed by atoms with Crippen LogP contribution < -0.4 is 0 Å². The molecule has 0 spiro atoms. The van der Waals surface area contributed by atoms with Gasteiger partial charge in [-0.25, -0.2) is 9.59 Å². The molecule has 0 saturated carbocycles. The van der Waals surface area contributed by atoms with Crippen molar-refractivity contribution in [3.8, 4) is 0 Å². The maximum atomic E-state index is 11.4. The normalized spacial score (nSPS) is 11.5. The van der Waals surface area contributed by atoms with E-state index in [4.69, 9.17) is 0 Å². The van der Waals surface area contributed by atoms with Crippen molar-refractivity contribution in [3.05, 3.63) is 31.4 Å². The van der Waals surface area contributed by atoms with E-state index in [1.54, 1.807) is 36.4 Å². The van der Waals surface area contributed by atoms with Gasteiger partial charge in [0.15, 0.2) is 0 Å². The zero-order chi connectivity index (χ0) is 15.1. The topological polar surface area (TPSA) is 74.6 Å². The van der Waals surface area contributed by atoms with Crippen molar-refractivity contribution >= 4 is 34.5 Å². The minimum Gasteiger partial charge on any atom is -0.478 e. The van der Waals surface area contributed by atoms with Gasteiger partial charge in [-0.15, -0.1) is 0 Å². The summed E-state index contributed by atoms with van der Waals surface area (Å²) in [6, 6.07) is 0. The number of benzene rings is 1. The Bertz CT molecular complexity index is 527. The molecular formula is C14H17IO4. The van der Waals surface area contributed by atoms with E-state index in [1.807, 2.05) is 20.8 Å². The lowest BCUT2D eigenvalue weighted by molar-refractivity contribution is 0.0694. The Morgan fingerprint density at radius 2 is 1.26 bits per heavy atom. The van der Waals surface area contributed by atoms with Crippen LogP contribution in [0.1, 0.15) is 58.2 Å². The minimum atomic E-state index is -1.09. The molecule has 0 aliphatic carbocycles. The predicted molar refractivity (Wildman–Crippen MR) is 81.3 cm³/mol. The van der Waals surface area contributed by atoms with Crippen LogP contribution in [-0.2, 0) is 5.41 Å². The van der Waals surface area contributed by atoms with Crippen LogP contribution in [0.5, 0.6) is 0 Å². The van der Waals surface area contributed by atoms with Crippen LogP contribution >= 0.6 is 22.6 Å². The van der Waals surface area contributed by atoms with Crippen LogP contribution in [0.2, 0.25) is 0 Å². The van der Waals surface area contributed by atoms with Gasteiger partial charge < -0.3 is 10.2 Å². The number of hydrogen-bond donors (Lipinski definition) is 2. The highest BCUT2D eigenvalue weighted by Gasteiger charge is 2.30. The molecular weight excluding hydrogens is 359 g/mol. The first-order chi connectivity index (χ1) is 8.50. The molecule has 1 aromatic carbocycles. The number of hydrogen-bond acceptors (Lipinski definition) is 2. The molecule has 0 bridgehead atoms. The number of aromatic carboxylic acids is 2. The van der Waals surface area contributed by atoms with Gasteiger partial charge in [0.05, 0.1) is 11.1 Å². The van der Waals surface area contributed by atoms with E-state index in [0.717, 1.165) is 5.56 Å². The molecule has 1 aromatic rings. The average Bonchev–Trinajstić information content (AvgIpc) is 2.12. The fourth-order valence-corrected chi connectivity index (χ4v) is 3.89. The summed E-state index contributed by atoms with van der Waals surface area (Å²) in [6.45, 7) is 9.33. The first-order valence-corrected chi connectivity index (χ1v) is 6.87. The van der Waals surface area contributed by atoms with E-state index >= 15 is 0 Å². The standard InChI is InChI=1S/C14H17IO4/c1-6-8(12(16)17)11(15)9(13(18)19)7(2)10(6)14(3,4)5/h1-5H3,(H,16,17)(H,18,19).